The summed E-state index contributed by atoms with van der Waals surface area (Å²) in [5, 5.41) is 2.81. The average molecular weight is 264 g/mol. The van der Waals surface area contributed by atoms with Crippen molar-refractivity contribution in [2.24, 2.45) is 0 Å². The summed E-state index contributed by atoms with van der Waals surface area (Å²) in [6.45, 7) is 3.63. The molecule has 1 heterocycles. The zero-order valence-electron chi connectivity index (χ0n) is 10.7. The second-order valence-corrected chi connectivity index (χ2v) is 4.10. The van der Waals surface area contributed by atoms with Crippen LogP contribution in [-0.2, 0) is 6.42 Å². The Labute approximate surface area is 109 Å². The number of nitrogen functional groups attached to an aromatic ring is 1. The molecule has 0 spiro atoms. The average Bonchev–Trinajstić information content (AvgIpc) is 2.37. The Morgan fingerprint density at radius 3 is 2.63 bits per heavy atom. The van der Waals surface area contributed by atoms with E-state index in [0.29, 0.717) is 29.4 Å². The van der Waals surface area contributed by atoms with Gasteiger partial charge in [-0.2, -0.15) is 0 Å². The molecule has 0 unspecified atom stereocenters. The SMILES string of the molecule is CCc1nc(N)c(C)c(Nc2ccc(F)cc2F)n1. The van der Waals surface area contributed by atoms with Crippen LogP contribution in [0.3, 0.4) is 0 Å². The fourth-order valence-electron chi connectivity index (χ4n) is 1.58. The lowest BCUT2D eigenvalue weighted by molar-refractivity contribution is 0.586. The van der Waals surface area contributed by atoms with Crippen LogP contribution in [0.1, 0.15) is 18.3 Å². The number of aromatic nitrogens is 2. The molecule has 0 aliphatic heterocycles. The summed E-state index contributed by atoms with van der Waals surface area (Å²) in [5.74, 6) is 0.0192. The van der Waals surface area contributed by atoms with Crippen LogP contribution in [0.25, 0.3) is 0 Å². The molecule has 100 valence electrons. The Morgan fingerprint density at radius 2 is 2.00 bits per heavy atom. The van der Waals surface area contributed by atoms with E-state index in [1.807, 2.05) is 6.92 Å². The van der Waals surface area contributed by atoms with Crippen molar-refractivity contribution in [1.29, 1.82) is 0 Å². The molecule has 1 aromatic carbocycles. The van der Waals surface area contributed by atoms with Gasteiger partial charge in [-0.1, -0.05) is 6.92 Å². The van der Waals surface area contributed by atoms with Crippen molar-refractivity contribution < 1.29 is 8.78 Å². The predicted octanol–water partition coefficient (Wildman–Crippen LogP) is 2.95. The molecular weight excluding hydrogens is 250 g/mol. The lowest BCUT2D eigenvalue weighted by Gasteiger charge is -2.12. The molecule has 0 fully saturated rings. The minimum atomic E-state index is -0.686. The number of hydrogen-bond donors (Lipinski definition) is 2. The molecule has 0 atom stereocenters. The molecule has 3 N–H and O–H groups in total. The maximum atomic E-state index is 13.6. The first kappa shape index (κ1) is 13.2. The van der Waals surface area contributed by atoms with E-state index in [4.69, 9.17) is 5.73 Å². The van der Waals surface area contributed by atoms with Gasteiger partial charge in [0.15, 0.2) is 0 Å². The lowest BCUT2D eigenvalue weighted by atomic mass is 10.2. The molecule has 0 radical (unpaired) electrons. The molecule has 0 saturated heterocycles. The summed E-state index contributed by atoms with van der Waals surface area (Å²) in [4.78, 5) is 8.35. The number of nitrogens with one attached hydrogen (secondary N) is 1. The molecule has 2 rings (SSSR count). The molecule has 2 aromatic rings. The van der Waals surface area contributed by atoms with Crippen LogP contribution in [0.4, 0.5) is 26.1 Å². The van der Waals surface area contributed by atoms with Gasteiger partial charge in [-0.25, -0.2) is 18.7 Å². The summed E-state index contributed by atoms with van der Waals surface area (Å²) >= 11 is 0. The number of nitrogens with two attached hydrogens (primary N) is 1. The van der Waals surface area contributed by atoms with Crippen LogP contribution >= 0.6 is 0 Å². The quantitative estimate of drug-likeness (QED) is 0.894. The number of nitrogens with zero attached hydrogens (tertiary/aromatic N) is 2. The van der Waals surface area contributed by atoms with Gasteiger partial charge in [-0.3, -0.25) is 0 Å². The third kappa shape index (κ3) is 2.78. The van der Waals surface area contributed by atoms with Crippen LogP contribution < -0.4 is 11.1 Å². The van der Waals surface area contributed by atoms with Crippen molar-refractivity contribution in [2.45, 2.75) is 20.3 Å². The van der Waals surface area contributed by atoms with Crippen LogP contribution in [-0.4, -0.2) is 9.97 Å². The summed E-state index contributed by atoms with van der Waals surface area (Å²) in [6.07, 6.45) is 0.616. The fourth-order valence-corrected chi connectivity index (χ4v) is 1.58. The van der Waals surface area contributed by atoms with Gasteiger partial charge in [0.05, 0.1) is 5.69 Å². The number of halogens is 2. The highest BCUT2D eigenvalue weighted by atomic mass is 19.1. The summed E-state index contributed by atoms with van der Waals surface area (Å²) in [7, 11) is 0. The van der Waals surface area contributed by atoms with Crippen molar-refractivity contribution in [3.63, 3.8) is 0 Å². The highest BCUT2D eigenvalue weighted by Crippen LogP contribution is 2.24. The van der Waals surface area contributed by atoms with Gasteiger partial charge in [-0.15, -0.1) is 0 Å². The van der Waals surface area contributed by atoms with Crippen molar-refractivity contribution in [2.75, 3.05) is 11.1 Å². The van der Waals surface area contributed by atoms with Crippen molar-refractivity contribution in [3.05, 3.63) is 41.2 Å². The van der Waals surface area contributed by atoms with E-state index in [-0.39, 0.29) is 5.69 Å². The van der Waals surface area contributed by atoms with Crippen LogP contribution in [0.15, 0.2) is 18.2 Å². The number of rotatable bonds is 3. The largest absolute Gasteiger partial charge is 0.383 e. The Bertz CT molecular complexity index is 614. The topological polar surface area (TPSA) is 63.8 Å². The molecule has 0 aliphatic rings. The highest BCUT2D eigenvalue weighted by Gasteiger charge is 2.10. The van der Waals surface area contributed by atoms with Crippen LogP contribution in [0, 0.1) is 18.6 Å². The Morgan fingerprint density at radius 1 is 1.26 bits per heavy atom. The third-order valence-electron chi connectivity index (χ3n) is 2.73. The van der Waals surface area contributed by atoms with E-state index >= 15 is 0 Å². The van der Waals surface area contributed by atoms with E-state index in [9.17, 15) is 8.78 Å². The number of benzene rings is 1. The van der Waals surface area contributed by atoms with Gasteiger partial charge in [0, 0.05) is 18.1 Å². The first-order valence-corrected chi connectivity index (χ1v) is 5.86. The summed E-state index contributed by atoms with van der Waals surface area (Å²) in [5.41, 5.74) is 6.54. The molecule has 0 aliphatic carbocycles. The number of hydrogen-bond acceptors (Lipinski definition) is 4. The first-order valence-electron chi connectivity index (χ1n) is 5.86. The van der Waals surface area contributed by atoms with Crippen molar-refractivity contribution in [1.82, 2.24) is 9.97 Å². The standard InChI is InChI=1S/C13H14F2N4/c1-3-11-18-12(16)7(2)13(19-11)17-10-5-4-8(14)6-9(10)15/h4-6H,3H2,1-2H3,(H3,16,17,18,19). The number of anilines is 3. The Balaban J connectivity index is 2.40. The van der Waals surface area contributed by atoms with Crippen molar-refractivity contribution in [3.8, 4) is 0 Å². The molecule has 4 nitrogen and oxygen atoms in total. The maximum absolute atomic E-state index is 13.6. The minimum Gasteiger partial charge on any atom is -0.383 e. The number of aryl methyl sites for hydroxylation is 1. The van der Waals surface area contributed by atoms with Gasteiger partial charge >= 0.3 is 0 Å². The predicted molar refractivity (Wildman–Crippen MR) is 70.2 cm³/mol. The lowest BCUT2D eigenvalue weighted by Crippen LogP contribution is -2.07. The summed E-state index contributed by atoms with van der Waals surface area (Å²) < 4.78 is 26.4. The van der Waals surface area contributed by atoms with Gasteiger partial charge in [0.25, 0.3) is 0 Å². The highest BCUT2D eigenvalue weighted by molar-refractivity contribution is 5.64. The molecule has 0 bridgehead atoms. The molecule has 1 aromatic heterocycles. The smallest absolute Gasteiger partial charge is 0.149 e. The zero-order valence-corrected chi connectivity index (χ0v) is 10.7. The minimum absolute atomic E-state index is 0.143. The van der Waals surface area contributed by atoms with Crippen LogP contribution in [0.5, 0.6) is 0 Å². The van der Waals surface area contributed by atoms with E-state index < -0.39 is 11.6 Å². The normalized spacial score (nSPS) is 10.5. The zero-order chi connectivity index (χ0) is 14.0. The Kier molecular flexibility index (Phi) is 3.59. The second kappa shape index (κ2) is 5.17. The van der Waals surface area contributed by atoms with Crippen LogP contribution in [0.2, 0.25) is 0 Å². The van der Waals surface area contributed by atoms with Gasteiger partial charge in [0.1, 0.15) is 29.1 Å². The fraction of sp³-hybridized carbons (Fsp3) is 0.231. The van der Waals surface area contributed by atoms with Gasteiger partial charge in [-0.05, 0) is 19.1 Å². The summed E-state index contributed by atoms with van der Waals surface area (Å²) in [6, 6.07) is 3.29. The van der Waals surface area contributed by atoms with E-state index in [0.717, 1.165) is 6.07 Å². The third-order valence-corrected chi connectivity index (χ3v) is 2.73. The molecule has 0 amide bonds. The van der Waals surface area contributed by atoms with E-state index in [1.54, 1.807) is 6.92 Å². The molecular formula is C13H14F2N4. The first-order chi connectivity index (χ1) is 9.01. The van der Waals surface area contributed by atoms with Crippen molar-refractivity contribution >= 4 is 17.3 Å². The molecule has 19 heavy (non-hydrogen) atoms. The van der Waals surface area contributed by atoms with Gasteiger partial charge in [0.2, 0.25) is 0 Å². The van der Waals surface area contributed by atoms with E-state index in [1.165, 1.54) is 12.1 Å². The molecule has 0 saturated carbocycles. The monoisotopic (exact) mass is 264 g/mol. The Hall–Kier alpha value is -2.24. The van der Waals surface area contributed by atoms with Gasteiger partial charge < -0.3 is 11.1 Å². The van der Waals surface area contributed by atoms with E-state index in [2.05, 4.69) is 15.3 Å². The molecule has 6 heteroatoms. The maximum Gasteiger partial charge on any atom is 0.149 e. The second-order valence-electron chi connectivity index (χ2n) is 4.10.